The number of anilines is 1. The third-order valence-electron chi connectivity index (χ3n) is 3.20. The lowest BCUT2D eigenvalue weighted by molar-refractivity contribution is -0.137. The molecule has 0 aliphatic carbocycles. The van der Waals surface area contributed by atoms with Gasteiger partial charge in [0.25, 0.3) is 0 Å². The van der Waals surface area contributed by atoms with Crippen LogP contribution in [0.15, 0.2) is 48.5 Å². The molecule has 0 spiro atoms. The molecule has 0 heterocycles. The highest BCUT2D eigenvalue weighted by Gasteiger charge is 2.29. The van der Waals surface area contributed by atoms with Gasteiger partial charge in [0.2, 0.25) is 0 Å². The van der Waals surface area contributed by atoms with E-state index >= 15 is 0 Å². The van der Waals surface area contributed by atoms with Gasteiger partial charge in [-0.15, -0.1) is 0 Å². The summed E-state index contributed by atoms with van der Waals surface area (Å²) < 4.78 is 37.3. The van der Waals surface area contributed by atoms with E-state index in [1.54, 1.807) is 0 Å². The number of halogens is 3. The predicted molar refractivity (Wildman–Crippen MR) is 74.8 cm³/mol. The molecule has 0 radical (unpaired) electrons. The van der Waals surface area contributed by atoms with Crippen LogP contribution in [-0.4, -0.2) is 6.54 Å². The largest absolute Gasteiger partial charge is 0.416 e. The first-order valence-electron chi connectivity index (χ1n) is 6.42. The number of aryl methyl sites for hydroxylation is 1. The van der Waals surface area contributed by atoms with Crippen molar-refractivity contribution in [1.29, 1.82) is 0 Å². The lowest BCUT2D eigenvalue weighted by atomic mass is 10.1. The second-order valence-corrected chi connectivity index (χ2v) is 4.68. The molecule has 2 aromatic carbocycles. The van der Waals surface area contributed by atoms with Gasteiger partial charge in [-0.25, -0.2) is 0 Å². The minimum Gasteiger partial charge on any atom is -0.385 e. The lowest BCUT2D eigenvalue weighted by Gasteiger charge is -2.10. The maximum atomic E-state index is 12.4. The van der Waals surface area contributed by atoms with Crippen LogP contribution in [0.1, 0.15) is 16.7 Å². The van der Waals surface area contributed by atoms with Crippen molar-refractivity contribution in [3.8, 4) is 0 Å². The third-order valence-corrected chi connectivity index (χ3v) is 3.20. The lowest BCUT2D eigenvalue weighted by Crippen LogP contribution is -2.07. The molecule has 0 aromatic heterocycles. The van der Waals surface area contributed by atoms with E-state index in [2.05, 4.69) is 11.4 Å². The van der Waals surface area contributed by atoms with Crippen molar-refractivity contribution >= 4 is 5.69 Å². The smallest absolute Gasteiger partial charge is 0.385 e. The average molecular weight is 279 g/mol. The van der Waals surface area contributed by atoms with Crippen molar-refractivity contribution in [2.45, 2.75) is 19.5 Å². The van der Waals surface area contributed by atoms with Crippen molar-refractivity contribution in [2.75, 3.05) is 11.9 Å². The molecule has 20 heavy (non-hydrogen) atoms. The second kappa shape index (κ2) is 5.99. The van der Waals surface area contributed by atoms with Crippen LogP contribution in [-0.2, 0) is 12.6 Å². The van der Waals surface area contributed by atoms with Crippen molar-refractivity contribution in [3.63, 3.8) is 0 Å². The molecule has 0 fully saturated rings. The van der Waals surface area contributed by atoms with Crippen LogP contribution in [0.25, 0.3) is 0 Å². The Balaban J connectivity index is 1.90. The van der Waals surface area contributed by atoms with E-state index in [1.807, 2.05) is 25.1 Å². The topological polar surface area (TPSA) is 12.0 Å². The highest BCUT2D eigenvalue weighted by molar-refractivity contribution is 5.45. The van der Waals surface area contributed by atoms with Crippen molar-refractivity contribution in [2.24, 2.45) is 0 Å². The van der Waals surface area contributed by atoms with E-state index < -0.39 is 11.7 Å². The van der Waals surface area contributed by atoms with Crippen LogP contribution in [0.5, 0.6) is 0 Å². The molecule has 0 aliphatic heterocycles. The molecule has 0 saturated heterocycles. The van der Waals surface area contributed by atoms with E-state index in [1.165, 1.54) is 23.3 Å². The molecule has 2 aromatic rings. The number of hydrogen-bond donors (Lipinski definition) is 1. The summed E-state index contributed by atoms with van der Waals surface area (Å²) in [6.45, 7) is 2.74. The molecule has 2 rings (SSSR count). The second-order valence-electron chi connectivity index (χ2n) is 4.68. The number of hydrogen-bond acceptors (Lipinski definition) is 1. The zero-order valence-electron chi connectivity index (χ0n) is 11.2. The number of alkyl halides is 3. The molecule has 0 atom stereocenters. The van der Waals surface area contributed by atoms with E-state index in [0.717, 1.165) is 18.6 Å². The first-order chi connectivity index (χ1) is 9.47. The van der Waals surface area contributed by atoms with E-state index in [-0.39, 0.29) is 0 Å². The molecule has 1 nitrogen and oxygen atoms in total. The molecular formula is C16H16F3N. The summed E-state index contributed by atoms with van der Waals surface area (Å²) in [7, 11) is 0. The van der Waals surface area contributed by atoms with Crippen molar-refractivity contribution in [1.82, 2.24) is 0 Å². The third kappa shape index (κ3) is 3.76. The van der Waals surface area contributed by atoms with Crippen LogP contribution in [0, 0.1) is 6.92 Å². The number of nitrogens with one attached hydrogen (secondary N) is 1. The summed E-state index contributed by atoms with van der Waals surface area (Å²) in [5, 5.41) is 3.13. The fourth-order valence-corrected chi connectivity index (χ4v) is 2.01. The van der Waals surface area contributed by atoms with Crippen molar-refractivity contribution < 1.29 is 13.2 Å². The molecule has 0 aliphatic rings. The maximum absolute atomic E-state index is 12.4. The van der Waals surface area contributed by atoms with Gasteiger partial charge in [-0.3, -0.25) is 0 Å². The zero-order chi connectivity index (χ0) is 14.6. The van der Waals surface area contributed by atoms with Gasteiger partial charge in [-0.05, 0) is 48.7 Å². The minimum absolute atomic E-state index is 0.623. The quantitative estimate of drug-likeness (QED) is 0.857. The van der Waals surface area contributed by atoms with Crippen LogP contribution < -0.4 is 5.32 Å². The van der Waals surface area contributed by atoms with Gasteiger partial charge in [0.15, 0.2) is 0 Å². The first kappa shape index (κ1) is 14.4. The van der Waals surface area contributed by atoms with Crippen LogP contribution >= 0.6 is 0 Å². The Kier molecular flexibility index (Phi) is 4.32. The average Bonchev–Trinajstić information content (AvgIpc) is 2.40. The van der Waals surface area contributed by atoms with E-state index in [0.29, 0.717) is 12.2 Å². The summed E-state index contributed by atoms with van der Waals surface area (Å²) in [6.07, 6.45) is -3.44. The molecule has 0 unspecified atom stereocenters. The zero-order valence-corrected chi connectivity index (χ0v) is 11.2. The Morgan fingerprint density at radius 2 is 1.60 bits per heavy atom. The number of benzene rings is 2. The summed E-state index contributed by atoms with van der Waals surface area (Å²) in [5.41, 5.74) is 2.54. The van der Waals surface area contributed by atoms with Gasteiger partial charge in [-0.2, -0.15) is 13.2 Å². The Morgan fingerprint density at radius 3 is 2.20 bits per heavy atom. The van der Waals surface area contributed by atoms with Gasteiger partial charge < -0.3 is 5.32 Å². The minimum atomic E-state index is -4.28. The molecule has 106 valence electrons. The van der Waals surface area contributed by atoms with Crippen LogP contribution in [0.2, 0.25) is 0 Å². The summed E-state index contributed by atoms with van der Waals surface area (Å²) in [5.74, 6) is 0. The molecule has 0 amide bonds. The molecule has 1 N–H and O–H groups in total. The normalized spacial score (nSPS) is 11.4. The molecule has 4 heteroatoms. The highest BCUT2D eigenvalue weighted by atomic mass is 19.4. The Labute approximate surface area is 116 Å². The fourth-order valence-electron chi connectivity index (χ4n) is 2.01. The standard InChI is InChI=1S/C16H16F3N/c1-12-4-2-3-5-13(12)10-11-20-15-8-6-14(7-9-15)16(17,18)19/h2-9,20H,10-11H2,1H3. The van der Waals surface area contributed by atoms with Gasteiger partial charge in [0.05, 0.1) is 5.56 Å². The van der Waals surface area contributed by atoms with Gasteiger partial charge in [0, 0.05) is 12.2 Å². The first-order valence-corrected chi connectivity index (χ1v) is 6.42. The Hall–Kier alpha value is -1.97. The molecule has 0 bridgehead atoms. The summed E-state index contributed by atoms with van der Waals surface area (Å²) in [6, 6.07) is 13.2. The van der Waals surface area contributed by atoms with Crippen molar-refractivity contribution in [3.05, 3.63) is 65.2 Å². The Bertz CT molecular complexity index is 559. The fraction of sp³-hybridized carbons (Fsp3) is 0.250. The molecular weight excluding hydrogens is 263 g/mol. The van der Waals surface area contributed by atoms with Gasteiger partial charge >= 0.3 is 6.18 Å². The Morgan fingerprint density at radius 1 is 0.950 bits per heavy atom. The molecule has 0 saturated carbocycles. The van der Waals surface area contributed by atoms with Crippen LogP contribution in [0.3, 0.4) is 0 Å². The van der Waals surface area contributed by atoms with Gasteiger partial charge in [-0.1, -0.05) is 24.3 Å². The summed E-state index contributed by atoms with van der Waals surface area (Å²) in [4.78, 5) is 0. The predicted octanol–water partition coefficient (Wildman–Crippen LogP) is 4.67. The van der Waals surface area contributed by atoms with Gasteiger partial charge in [0.1, 0.15) is 0 Å². The van der Waals surface area contributed by atoms with E-state index in [4.69, 9.17) is 0 Å². The summed E-state index contributed by atoms with van der Waals surface area (Å²) >= 11 is 0. The SMILES string of the molecule is Cc1ccccc1CCNc1ccc(C(F)(F)F)cc1. The number of rotatable bonds is 4. The highest BCUT2D eigenvalue weighted by Crippen LogP contribution is 2.29. The van der Waals surface area contributed by atoms with Crippen LogP contribution in [0.4, 0.5) is 18.9 Å². The monoisotopic (exact) mass is 279 g/mol. The van der Waals surface area contributed by atoms with E-state index in [9.17, 15) is 13.2 Å². The maximum Gasteiger partial charge on any atom is 0.416 e.